The summed E-state index contributed by atoms with van der Waals surface area (Å²) in [5, 5.41) is 20.0. The number of carboxylic acid groups (broad SMARTS) is 2. The highest BCUT2D eigenvalue weighted by molar-refractivity contribution is 5.83. The Hall–Kier alpha value is -1.71. The molecule has 2 aliphatic rings. The molecule has 0 radical (unpaired) electrons. The predicted octanol–water partition coefficient (Wildman–Crippen LogP) is -2.10. The molecule has 0 aliphatic carbocycles. The van der Waals surface area contributed by atoms with E-state index in [4.69, 9.17) is 15.9 Å². The molecule has 0 aromatic rings. The van der Waals surface area contributed by atoms with Crippen LogP contribution in [-0.4, -0.2) is 53.3 Å². The van der Waals surface area contributed by atoms with E-state index in [9.17, 15) is 14.4 Å². The van der Waals surface area contributed by atoms with Crippen LogP contribution in [0, 0.1) is 5.92 Å². The second kappa shape index (κ2) is 7.02. The summed E-state index contributed by atoms with van der Waals surface area (Å²) in [6.07, 6.45) is 1.17. The van der Waals surface area contributed by atoms with Crippen molar-refractivity contribution in [1.82, 2.24) is 10.8 Å². The zero-order chi connectivity index (χ0) is 14.4. The van der Waals surface area contributed by atoms with Gasteiger partial charge in [0.1, 0.15) is 12.1 Å². The van der Waals surface area contributed by atoms with Gasteiger partial charge in [0.2, 0.25) is 0 Å². The van der Waals surface area contributed by atoms with Crippen LogP contribution in [-0.2, 0) is 19.2 Å². The fourth-order valence-electron chi connectivity index (χ4n) is 1.77. The molecule has 19 heavy (non-hydrogen) atoms. The first-order valence-electron chi connectivity index (χ1n) is 5.79. The first kappa shape index (κ1) is 15.3. The third-order valence-corrected chi connectivity index (χ3v) is 2.81. The summed E-state index contributed by atoms with van der Waals surface area (Å²) in [6, 6.07) is -1.38. The van der Waals surface area contributed by atoms with E-state index in [1.807, 2.05) is 0 Å². The first-order chi connectivity index (χ1) is 8.93. The minimum Gasteiger partial charge on any atom is -0.481 e. The number of nitrogens with two attached hydrogens (primary N) is 1. The van der Waals surface area contributed by atoms with E-state index < -0.39 is 29.9 Å². The minimum atomic E-state index is -1.08. The van der Waals surface area contributed by atoms with Gasteiger partial charge in [0.15, 0.2) is 0 Å². The van der Waals surface area contributed by atoms with Crippen molar-refractivity contribution in [1.29, 1.82) is 0 Å². The summed E-state index contributed by atoms with van der Waals surface area (Å²) >= 11 is 0. The highest BCUT2D eigenvalue weighted by atomic mass is 16.7. The predicted molar refractivity (Wildman–Crippen MR) is 61.9 cm³/mol. The molecule has 0 spiro atoms. The van der Waals surface area contributed by atoms with Gasteiger partial charge in [0, 0.05) is 0 Å². The van der Waals surface area contributed by atoms with Gasteiger partial charge >= 0.3 is 11.9 Å². The van der Waals surface area contributed by atoms with Gasteiger partial charge < -0.3 is 21.3 Å². The van der Waals surface area contributed by atoms with E-state index in [0.717, 1.165) is 6.42 Å². The summed E-state index contributed by atoms with van der Waals surface area (Å²) in [5.41, 5.74) is 7.25. The molecule has 2 fully saturated rings. The molecule has 0 bridgehead atoms. The summed E-state index contributed by atoms with van der Waals surface area (Å²) in [6.45, 7) is 0.875. The summed E-state index contributed by atoms with van der Waals surface area (Å²) in [7, 11) is 0. The van der Waals surface area contributed by atoms with E-state index in [2.05, 4.69) is 15.6 Å². The summed E-state index contributed by atoms with van der Waals surface area (Å²) < 4.78 is 0. The van der Waals surface area contributed by atoms with Crippen molar-refractivity contribution >= 4 is 17.8 Å². The molecule has 0 aromatic heterocycles. The van der Waals surface area contributed by atoms with Crippen LogP contribution in [0.5, 0.6) is 0 Å². The van der Waals surface area contributed by atoms with Crippen molar-refractivity contribution < 1.29 is 29.4 Å². The van der Waals surface area contributed by atoms with Gasteiger partial charge in [0.05, 0.1) is 12.5 Å². The topological polar surface area (TPSA) is 151 Å². The molecule has 2 aliphatic heterocycles. The smallest absolute Gasteiger partial charge is 0.321 e. The van der Waals surface area contributed by atoms with Crippen molar-refractivity contribution in [2.24, 2.45) is 11.7 Å². The molecule has 0 aromatic carbocycles. The van der Waals surface area contributed by atoms with Crippen molar-refractivity contribution in [3.8, 4) is 0 Å². The first-order valence-corrected chi connectivity index (χ1v) is 5.79. The lowest BCUT2D eigenvalue weighted by Crippen LogP contribution is -2.49. The van der Waals surface area contributed by atoms with Gasteiger partial charge in [-0.15, -0.1) is 0 Å². The third kappa shape index (κ3) is 4.47. The Kier molecular flexibility index (Phi) is 5.67. The maximum atomic E-state index is 10.6. The van der Waals surface area contributed by atoms with Crippen molar-refractivity contribution in [3.63, 3.8) is 0 Å². The molecule has 0 saturated carbocycles. The highest BCUT2D eigenvalue weighted by Gasteiger charge is 2.35. The molecule has 9 nitrogen and oxygen atoms in total. The Morgan fingerprint density at radius 1 is 1.32 bits per heavy atom. The maximum Gasteiger partial charge on any atom is 0.321 e. The van der Waals surface area contributed by atoms with Crippen LogP contribution in [0.15, 0.2) is 0 Å². The quantitative estimate of drug-likeness (QED) is 0.384. The van der Waals surface area contributed by atoms with Gasteiger partial charge in [-0.25, -0.2) is 5.48 Å². The second-order valence-electron chi connectivity index (χ2n) is 4.24. The van der Waals surface area contributed by atoms with E-state index >= 15 is 0 Å². The number of aliphatic carboxylic acids is 2. The number of hydroxylamine groups is 1. The Balaban J connectivity index is 0.000000218. The van der Waals surface area contributed by atoms with Crippen LogP contribution in [0.4, 0.5) is 0 Å². The van der Waals surface area contributed by atoms with Crippen LogP contribution < -0.4 is 16.5 Å². The number of amides is 1. The molecular weight excluding hydrogens is 258 g/mol. The van der Waals surface area contributed by atoms with Gasteiger partial charge in [-0.05, 0) is 19.4 Å². The molecule has 1 amide bonds. The molecule has 0 unspecified atom stereocenters. The van der Waals surface area contributed by atoms with Gasteiger partial charge in [0.25, 0.3) is 5.91 Å². The van der Waals surface area contributed by atoms with Gasteiger partial charge in [-0.1, -0.05) is 0 Å². The van der Waals surface area contributed by atoms with Crippen molar-refractivity contribution in [2.45, 2.75) is 24.9 Å². The van der Waals surface area contributed by atoms with E-state index in [1.54, 1.807) is 0 Å². The Morgan fingerprint density at radius 2 is 2.00 bits per heavy atom. The molecule has 108 valence electrons. The zero-order valence-electron chi connectivity index (χ0n) is 10.2. The number of hydrogen-bond donors (Lipinski definition) is 5. The minimum absolute atomic E-state index is 0.236. The van der Waals surface area contributed by atoms with Gasteiger partial charge in [-0.3, -0.25) is 19.2 Å². The number of carboxylic acids is 2. The Labute approximate surface area is 109 Å². The van der Waals surface area contributed by atoms with E-state index in [-0.39, 0.29) is 5.91 Å². The largest absolute Gasteiger partial charge is 0.481 e. The summed E-state index contributed by atoms with van der Waals surface area (Å²) in [4.78, 5) is 35.8. The lowest BCUT2D eigenvalue weighted by molar-refractivity contribution is -0.152. The number of carbonyl (C=O) groups excluding carboxylic acids is 1. The molecule has 2 saturated heterocycles. The maximum absolute atomic E-state index is 10.6. The lowest BCUT2D eigenvalue weighted by Gasteiger charge is -2.26. The molecular formula is C10H17N3O6. The van der Waals surface area contributed by atoms with Crippen LogP contribution >= 0.6 is 0 Å². The second-order valence-corrected chi connectivity index (χ2v) is 4.24. The summed E-state index contributed by atoms with van der Waals surface area (Å²) in [5.74, 6) is -3.13. The van der Waals surface area contributed by atoms with Gasteiger partial charge in [-0.2, -0.15) is 0 Å². The van der Waals surface area contributed by atoms with Crippen molar-refractivity contribution in [3.05, 3.63) is 0 Å². The molecule has 2 heterocycles. The monoisotopic (exact) mass is 275 g/mol. The normalized spacial score (nSPS) is 29.9. The molecule has 3 atom stereocenters. The highest BCUT2D eigenvalue weighted by Crippen LogP contribution is 2.16. The van der Waals surface area contributed by atoms with Crippen LogP contribution in [0.3, 0.4) is 0 Å². The molecule has 9 heteroatoms. The molecule has 6 N–H and O–H groups in total. The Morgan fingerprint density at radius 3 is 2.32 bits per heavy atom. The average Bonchev–Trinajstić information content (AvgIpc) is 2.74. The number of rotatable bonds is 2. The standard InChI is InChI=1S/C7H11NO4.C3H6N2O2/c9-6(10)4-2-1-3-8-5(4)7(11)12;4-2-1-7-5-3(2)6/h4-5,8H,1-3H2,(H,9,10)(H,11,12);2H,1,4H2,(H,5,6)/t4-,5+;2-/m11/s1. The van der Waals surface area contributed by atoms with E-state index in [0.29, 0.717) is 19.6 Å². The SMILES string of the molecule is N[C@@H]1CONC1=O.O=C(O)[C@H]1NCCC[C@H]1C(=O)O. The van der Waals surface area contributed by atoms with E-state index in [1.165, 1.54) is 0 Å². The Bertz CT molecular complexity index is 339. The number of carbonyl (C=O) groups is 3. The molecule has 2 rings (SSSR count). The fraction of sp³-hybridized carbons (Fsp3) is 0.700. The fourth-order valence-corrected chi connectivity index (χ4v) is 1.77. The van der Waals surface area contributed by atoms with Crippen molar-refractivity contribution in [2.75, 3.05) is 13.2 Å². The van der Waals surface area contributed by atoms with Crippen LogP contribution in [0.2, 0.25) is 0 Å². The lowest BCUT2D eigenvalue weighted by atomic mass is 9.91. The third-order valence-electron chi connectivity index (χ3n) is 2.81. The van der Waals surface area contributed by atoms with Crippen LogP contribution in [0.25, 0.3) is 0 Å². The number of nitrogens with one attached hydrogen (secondary N) is 2. The number of hydrogen-bond acceptors (Lipinski definition) is 6. The average molecular weight is 275 g/mol. The number of piperidine rings is 1. The van der Waals surface area contributed by atoms with Crippen LogP contribution in [0.1, 0.15) is 12.8 Å². The zero-order valence-corrected chi connectivity index (χ0v) is 10.2.